The van der Waals surface area contributed by atoms with E-state index in [1.54, 1.807) is 23.1 Å². The molecule has 0 spiro atoms. The number of phenolic OH excluding ortho intramolecular Hbond substituents is 1. The van der Waals surface area contributed by atoms with E-state index in [1.807, 2.05) is 42.5 Å². The third-order valence-electron chi connectivity index (χ3n) is 4.84. The van der Waals surface area contributed by atoms with E-state index in [2.05, 4.69) is 30.4 Å². The summed E-state index contributed by atoms with van der Waals surface area (Å²) in [5, 5.41) is 22.2. The highest BCUT2D eigenvalue weighted by Crippen LogP contribution is 2.34. The van der Waals surface area contributed by atoms with Crippen LogP contribution in [0.4, 0.5) is 5.95 Å². The number of H-pyrrole nitrogens is 1. The van der Waals surface area contributed by atoms with E-state index < -0.39 is 0 Å². The quantitative estimate of drug-likeness (QED) is 0.582. The van der Waals surface area contributed by atoms with Crippen LogP contribution in [0, 0.1) is 0 Å². The van der Waals surface area contributed by atoms with Gasteiger partial charge in [0.2, 0.25) is 0 Å². The largest absolute Gasteiger partial charge is 0.508 e. The van der Waals surface area contributed by atoms with Crippen LogP contribution in [0.25, 0.3) is 5.69 Å². The van der Waals surface area contributed by atoms with Crippen LogP contribution in [0.15, 0.2) is 60.9 Å². The lowest BCUT2D eigenvalue weighted by Gasteiger charge is -2.32. The Morgan fingerprint density at radius 2 is 1.96 bits per heavy atom. The van der Waals surface area contributed by atoms with Gasteiger partial charge in [0.25, 0.3) is 5.95 Å². The molecule has 0 amide bonds. The van der Waals surface area contributed by atoms with E-state index in [4.69, 9.17) is 0 Å². The van der Waals surface area contributed by atoms with Crippen LogP contribution < -0.4 is 4.90 Å². The van der Waals surface area contributed by atoms with E-state index in [1.165, 1.54) is 0 Å². The van der Waals surface area contributed by atoms with Gasteiger partial charge in [-0.3, -0.25) is 0 Å². The zero-order chi connectivity index (χ0) is 18.2. The van der Waals surface area contributed by atoms with Gasteiger partial charge in [-0.15, -0.1) is 0 Å². The van der Waals surface area contributed by atoms with Crippen LogP contribution in [-0.4, -0.2) is 41.8 Å². The zero-order valence-corrected chi connectivity index (χ0v) is 14.4. The number of imidazole rings is 1. The van der Waals surface area contributed by atoms with Gasteiger partial charge in [-0.1, -0.05) is 35.4 Å². The predicted molar refractivity (Wildman–Crippen MR) is 98.7 cm³/mol. The van der Waals surface area contributed by atoms with Crippen LogP contribution in [-0.2, 0) is 6.54 Å². The minimum atomic E-state index is 0.00743. The number of anilines is 1. The molecule has 5 rings (SSSR count). The number of nitrogens with zero attached hydrogens (tertiary/aromatic N) is 6. The lowest BCUT2D eigenvalue weighted by atomic mass is 9.91. The maximum atomic E-state index is 9.91. The van der Waals surface area contributed by atoms with Gasteiger partial charge >= 0.3 is 0 Å². The van der Waals surface area contributed by atoms with Crippen LogP contribution in [0.2, 0.25) is 0 Å². The Balaban J connectivity index is 1.56. The van der Waals surface area contributed by atoms with Crippen molar-refractivity contribution in [1.82, 2.24) is 30.2 Å². The number of phenols is 1. The number of benzene rings is 2. The third-order valence-corrected chi connectivity index (χ3v) is 4.84. The maximum absolute atomic E-state index is 9.91. The fourth-order valence-corrected chi connectivity index (χ4v) is 3.59. The topological polar surface area (TPSA) is 95.7 Å². The van der Waals surface area contributed by atoms with E-state index in [9.17, 15) is 5.11 Å². The molecule has 1 unspecified atom stereocenters. The Hall–Kier alpha value is -3.68. The number of rotatable bonds is 3. The van der Waals surface area contributed by atoms with Crippen molar-refractivity contribution in [2.24, 2.45) is 0 Å². The Kier molecular flexibility index (Phi) is 3.60. The molecule has 1 atom stereocenters. The smallest absolute Gasteiger partial charge is 0.250 e. The second-order valence-corrected chi connectivity index (χ2v) is 6.52. The van der Waals surface area contributed by atoms with Crippen molar-refractivity contribution in [3.8, 4) is 11.4 Å². The van der Waals surface area contributed by atoms with Crippen molar-refractivity contribution < 1.29 is 5.11 Å². The second kappa shape index (κ2) is 6.24. The fraction of sp³-hybridized carbons (Fsp3) is 0.158. The Bertz CT molecular complexity index is 1070. The molecule has 2 aromatic carbocycles. The lowest BCUT2D eigenvalue weighted by molar-refractivity contribution is 0.473. The Morgan fingerprint density at radius 1 is 1.07 bits per heavy atom. The molecular formula is C19H17N7O. The Labute approximate surface area is 155 Å². The number of aromatic hydroxyl groups is 1. The van der Waals surface area contributed by atoms with Crippen LogP contribution in [0.3, 0.4) is 0 Å². The molecule has 2 N–H and O–H groups in total. The van der Waals surface area contributed by atoms with Crippen LogP contribution >= 0.6 is 0 Å². The molecule has 0 saturated heterocycles. The minimum absolute atomic E-state index is 0.00743. The van der Waals surface area contributed by atoms with Gasteiger partial charge in [-0.25, -0.2) is 4.98 Å². The summed E-state index contributed by atoms with van der Waals surface area (Å²) in [5.41, 5.74) is 3.93. The lowest BCUT2D eigenvalue weighted by Crippen LogP contribution is -2.36. The predicted octanol–water partition coefficient (Wildman–Crippen LogP) is 2.24. The zero-order valence-electron chi connectivity index (χ0n) is 14.4. The molecule has 8 heteroatoms. The normalized spacial score (nSPS) is 16.3. The first-order valence-corrected chi connectivity index (χ1v) is 8.69. The molecule has 8 nitrogen and oxygen atoms in total. The first-order valence-electron chi connectivity index (χ1n) is 8.69. The van der Waals surface area contributed by atoms with Crippen molar-refractivity contribution in [3.05, 3.63) is 77.9 Å². The van der Waals surface area contributed by atoms with E-state index >= 15 is 0 Å². The number of para-hydroxylation sites is 1. The first kappa shape index (κ1) is 15.6. The SMILES string of the molecule is Oc1cccc(C2CN(c3nnnn3-c3ccccc3)Cc3[nH]cnc32)c1. The van der Waals surface area contributed by atoms with Crippen molar-refractivity contribution >= 4 is 5.95 Å². The molecule has 0 fully saturated rings. The molecule has 3 heterocycles. The fourth-order valence-electron chi connectivity index (χ4n) is 3.59. The summed E-state index contributed by atoms with van der Waals surface area (Å²) < 4.78 is 1.74. The van der Waals surface area contributed by atoms with Gasteiger partial charge in [0, 0.05) is 12.5 Å². The average molecular weight is 359 g/mol. The highest BCUT2D eigenvalue weighted by Gasteiger charge is 2.31. The number of aromatic amines is 1. The van der Waals surface area contributed by atoms with Crippen molar-refractivity contribution in [2.45, 2.75) is 12.5 Å². The standard InChI is InChI=1S/C19H17N7O/c27-15-8-4-5-13(9-15)16-10-25(11-17-18(16)21-12-20-17)19-22-23-24-26(19)14-6-2-1-3-7-14/h1-9,12,16,27H,10-11H2,(H,20,21). The number of tetrazole rings is 1. The van der Waals surface area contributed by atoms with Crippen molar-refractivity contribution in [2.75, 3.05) is 11.4 Å². The minimum Gasteiger partial charge on any atom is -0.508 e. The Morgan fingerprint density at radius 3 is 2.81 bits per heavy atom. The summed E-state index contributed by atoms with van der Waals surface area (Å²) in [6.45, 7) is 1.30. The van der Waals surface area contributed by atoms with E-state index in [0.29, 0.717) is 19.0 Å². The number of nitrogens with one attached hydrogen (secondary N) is 1. The van der Waals surface area contributed by atoms with Crippen molar-refractivity contribution in [1.29, 1.82) is 0 Å². The number of hydrogen-bond acceptors (Lipinski definition) is 6. The van der Waals surface area contributed by atoms with Gasteiger partial charge in [0.1, 0.15) is 5.75 Å². The van der Waals surface area contributed by atoms with Gasteiger partial charge in [-0.2, -0.15) is 4.68 Å². The molecule has 0 saturated carbocycles. The molecule has 1 aliphatic rings. The molecule has 0 radical (unpaired) electrons. The number of aromatic nitrogens is 6. The molecule has 0 aliphatic carbocycles. The number of hydrogen-bond donors (Lipinski definition) is 2. The van der Waals surface area contributed by atoms with E-state index in [0.717, 1.165) is 22.6 Å². The maximum Gasteiger partial charge on any atom is 0.250 e. The summed E-state index contributed by atoms with van der Waals surface area (Å²) >= 11 is 0. The summed E-state index contributed by atoms with van der Waals surface area (Å²) in [6.07, 6.45) is 1.71. The highest BCUT2D eigenvalue weighted by molar-refractivity contribution is 5.46. The monoisotopic (exact) mass is 359 g/mol. The third kappa shape index (κ3) is 2.71. The molecule has 0 bridgehead atoms. The van der Waals surface area contributed by atoms with Crippen molar-refractivity contribution in [3.63, 3.8) is 0 Å². The van der Waals surface area contributed by atoms with Gasteiger partial charge in [0.15, 0.2) is 0 Å². The molecule has 2 aromatic heterocycles. The van der Waals surface area contributed by atoms with E-state index in [-0.39, 0.29) is 11.7 Å². The highest BCUT2D eigenvalue weighted by atomic mass is 16.3. The summed E-state index contributed by atoms with van der Waals surface area (Å²) in [7, 11) is 0. The van der Waals surface area contributed by atoms with Gasteiger partial charge < -0.3 is 15.0 Å². The number of fused-ring (bicyclic) bond motifs is 1. The summed E-state index contributed by atoms with van der Waals surface area (Å²) in [6, 6.07) is 17.1. The second-order valence-electron chi connectivity index (χ2n) is 6.52. The van der Waals surface area contributed by atoms with Crippen LogP contribution in [0.5, 0.6) is 5.75 Å². The molecule has 134 valence electrons. The molecule has 27 heavy (non-hydrogen) atoms. The van der Waals surface area contributed by atoms with Crippen LogP contribution in [0.1, 0.15) is 22.9 Å². The summed E-state index contributed by atoms with van der Waals surface area (Å²) in [5.74, 6) is 0.926. The average Bonchev–Trinajstić information content (AvgIpc) is 3.37. The molecule has 4 aromatic rings. The van der Waals surface area contributed by atoms with Gasteiger partial charge in [0.05, 0.1) is 29.9 Å². The first-order chi connectivity index (χ1) is 13.3. The van der Waals surface area contributed by atoms with Gasteiger partial charge in [-0.05, 0) is 40.3 Å². The summed E-state index contributed by atoms with van der Waals surface area (Å²) in [4.78, 5) is 9.88. The molecule has 1 aliphatic heterocycles. The molecular weight excluding hydrogens is 342 g/mol.